The highest BCUT2D eigenvalue weighted by molar-refractivity contribution is 7.26. The lowest BCUT2D eigenvalue weighted by molar-refractivity contribution is 0.271. The van der Waals surface area contributed by atoms with E-state index in [9.17, 15) is 0 Å². The van der Waals surface area contributed by atoms with E-state index in [4.69, 9.17) is 14.7 Å². The molecule has 8 aromatic carbocycles. The van der Waals surface area contributed by atoms with Crippen molar-refractivity contribution in [1.82, 2.24) is 9.97 Å². The van der Waals surface area contributed by atoms with Crippen molar-refractivity contribution in [2.75, 3.05) is 4.90 Å². The molecule has 288 valence electrons. The van der Waals surface area contributed by atoms with Crippen LogP contribution in [0.25, 0.3) is 70.3 Å². The van der Waals surface area contributed by atoms with Gasteiger partial charge in [-0.3, -0.25) is 0 Å². The maximum absolute atomic E-state index is 7.01. The van der Waals surface area contributed by atoms with Gasteiger partial charge in [0, 0.05) is 59.7 Å². The zero-order valence-electron chi connectivity index (χ0n) is 33.0. The summed E-state index contributed by atoms with van der Waals surface area (Å²) in [5.74, 6) is 1.52. The summed E-state index contributed by atoms with van der Waals surface area (Å²) in [6.45, 7) is 0. The fourth-order valence-electron chi connectivity index (χ4n) is 9.27. The van der Waals surface area contributed by atoms with Crippen molar-refractivity contribution < 1.29 is 4.74 Å². The van der Waals surface area contributed by atoms with Crippen LogP contribution in [0.5, 0.6) is 5.75 Å². The lowest BCUT2D eigenvalue weighted by Gasteiger charge is -2.28. The van der Waals surface area contributed by atoms with E-state index in [1.165, 1.54) is 42.2 Å². The molecule has 10 aromatic rings. The topological polar surface area (TPSA) is 38.2 Å². The molecule has 3 heterocycles. The summed E-state index contributed by atoms with van der Waals surface area (Å²) in [6, 6.07) is 68.9. The van der Waals surface area contributed by atoms with Gasteiger partial charge in [-0.25, -0.2) is 9.97 Å². The summed E-state index contributed by atoms with van der Waals surface area (Å²) < 4.78 is 9.64. The second-order valence-corrected chi connectivity index (χ2v) is 16.7. The van der Waals surface area contributed by atoms with Crippen molar-refractivity contribution in [3.05, 3.63) is 224 Å². The zero-order chi connectivity index (χ0) is 40.3. The maximum atomic E-state index is 7.01. The van der Waals surface area contributed by atoms with Crippen LogP contribution in [0.15, 0.2) is 212 Å². The molecular formula is C56H37N3OS. The van der Waals surface area contributed by atoms with Gasteiger partial charge in [0.1, 0.15) is 11.9 Å². The minimum atomic E-state index is -0.190. The molecule has 0 radical (unpaired) electrons. The number of hydrogen-bond donors (Lipinski definition) is 0. The smallest absolute Gasteiger partial charge is 0.160 e. The first-order valence-electron chi connectivity index (χ1n) is 20.7. The highest BCUT2D eigenvalue weighted by atomic mass is 32.1. The van der Waals surface area contributed by atoms with Crippen LogP contribution in [0.1, 0.15) is 17.2 Å². The van der Waals surface area contributed by atoms with Gasteiger partial charge in [-0.2, -0.15) is 0 Å². The first-order chi connectivity index (χ1) is 30.2. The average molecular weight is 800 g/mol. The van der Waals surface area contributed by atoms with Crippen molar-refractivity contribution in [2.24, 2.45) is 0 Å². The van der Waals surface area contributed by atoms with Crippen molar-refractivity contribution >= 4 is 64.9 Å². The van der Waals surface area contributed by atoms with Crippen molar-refractivity contribution in [2.45, 2.75) is 12.0 Å². The summed E-state index contributed by atoms with van der Waals surface area (Å²) in [6.07, 6.45) is 6.33. The normalized spacial score (nSPS) is 15.4. The number of allylic oxidation sites excluding steroid dienone is 2. The van der Waals surface area contributed by atoms with Crippen LogP contribution in [0.4, 0.5) is 17.1 Å². The quantitative estimate of drug-likeness (QED) is 0.161. The Bertz CT molecular complexity index is 3280. The van der Waals surface area contributed by atoms with Crippen LogP contribution in [0, 0.1) is 0 Å². The minimum Gasteiger partial charge on any atom is -0.485 e. The van der Waals surface area contributed by atoms with Gasteiger partial charge in [0.25, 0.3) is 0 Å². The molecule has 0 saturated carbocycles. The second-order valence-electron chi connectivity index (χ2n) is 15.6. The number of aromatic nitrogens is 2. The van der Waals surface area contributed by atoms with Crippen LogP contribution in [-0.2, 0) is 0 Å². The third-order valence-corrected chi connectivity index (χ3v) is 13.3. The van der Waals surface area contributed by atoms with E-state index in [1.807, 2.05) is 35.6 Å². The number of fused-ring (bicyclic) bond motifs is 8. The van der Waals surface area contributed by atoms with Crippen LogP contribution in [0.3, 0.4) is 0 Å². The van der Waals surface area contributed by atoms with Crippen LogP contribution in [0.2, 0.25) is 0 Å². The SMILES string of the molecule is C1=CC2Oc3cc(N(c4ccccc4)c4ccc(-c5cccc6c5sc5ccccc56)cc4)c4ccccc4c3C2C(c2cc(-c3ccccc3)nc(-c3ccccc3)n2)=C1. The average Bonchev–Trinajstić information content (AvgIpc) is 3.92. The molecule has 0 N–H and O–H groups in total. The summed E-state index contributed by atoms with van der Waals surface area (Å²) in [5, 5.41) is 4.93. The van der Waals surface area contributed by atoms with Crippen LogP contribution in [-0.4, -0.2) is 16.1 Å². The van der Waals surface area contributed by atoms with Gasteiger partial charge in [0.2, 0.25) is 0 Å². The Balaban J connectivity index is 0.989. The number of thiophene rings is 1. The maximum Gasteiger partial charge on any atom is 0.160 e. The lowest BCUT2D eigenvalue weighted by Crippen LogP contribution is -2.20. The molecule has 0 amide bonds. The van der Waals surface area contributed by atoms with E-state index in [2.05, 4.69) is 193 Å². The Morgan fingerprint density at radius 3 is 1.93 bits per heavy atom. The molecule has 4 nitrogen and oxygen atoms in total. The van der Waals surface area contributed by atoms with Crippen LogP contribution < -0.4 is 9.64 Å². The molecule has 0 bridgehead atoms. The third-order valence-electron chi connectivity index (χ3n) is 12.1. The van der Waals surface area contributed by atoms with E-state index >= 15 is 0 Å². The molecule has 0 fully saturated rings. The minimum absolute atomic E-state index is 0.0674. The van der Waals surface area contributed by atoms with Crippen LogP contribution >= 0.6 is 11.3 Å². The molecule has 5 heteroatoms. The summed E-state index contributed by atoms with van der Waals surface area (Å²) in [7, 11) is 0. The number of para-hydroxylation sites is 1. The van der Waals surface area contributed by atoms with Gasteiger partial charge in [-0.15, -0.1) is 11.3 Å². The number of nitrogens with zero attached hydrogens (tertiary/aromatic N) is 3. The predicted octanol–water partition coefficient (Wildman–Crippen LogP) is 15.0. The van der Waals surface area contributed by atoms with Gasteiger partial charge >= 0.3 is 0 Å². The molecular weight excluding hydrogens is 763 g/mol. The predicted molar refractivity (Wildman–Crippen MR) is 254 cm³/mol. The fraction of sp³-hybridized carbons (Fsp3) is 0.0357. The number of rotatable bonds is 7. The fourth-order valence-corrected chi connectivity index (χ4v) is 10.5. The Labute approximate surface area is 358 Å². The van der Waals surface area contributed by atoms with E-state index in [0.29, 0.717) is 5.82 Å². The lowest BCUT2D eigenvalue weighted by atomic mass is 9.80. The monoisotopic (exact) mass is 799 g/mol. The molecule has 0 spiro atoms. The van der Waals surface area contributed by atoms with Gasteiger partial charge in [0.05, 0.1) is 23.0 Å². The Hall–Kier alpha value is -7.60. The molecule has 1 aliphatic carbocycles. The van der Waals surface area contributed by atoms with E-state index in [1.54, 1.807) is 0 Å². The van der Waals surface area contributed by atoms with E-state index < -0.39 is 0 Å². The number of hydrogen-bond acceptors (Lipinski definition) is 5. The van der Waals surface area contributed by atoms with Gasteiger partial charge < -0.3 is 9.64 Å². The first kappa shape index (κ1) is 35.4. The number of anilines is 3. The van der Waals surface area contributed by atoms with Gasteiger partial charge in [-0.05, 0) is 64.6 Å². The standard InChI is InChI=1S/C56H37N3OS/c1-4-16-37(17-5-1)47-34-48(58-56(57-47)38-18-6-2-7-19-38)46-27-15-28-50-54(46)53-44-24-11-10-22-42(44)49(35-51(53)60-50)59(39-20-8-3-9-21-39)40-32-30-36(31-33-40)41-25-14-26-45-43-23-12-13-29-52(43)61-55(41)45/h1-35,50,54H. The molecule has 2 aromatic heterocycles. The highest BCUT2D eigenvalue weighted by Gasteiger charge is 2.40. The molecule has 2 aliphatic rings. The molecule has 2 unspecified atom stereocenters. The summed E-state index contributed by atoms with van der Waals surface area (Å²) in [4.78, 5) is 12.7. The largest absolute Gasteiger partial charge is 0.485 e. The summed E-state index contributed by atoms with van der Waals surface area (Å²) in [5.41, 5.74) is 11.8. The van der Waals surface area contributed by atoms with E-state index in [0.717, 1.165) is 56.3 Å². The second kappa shape index (κ2) is 14.6. The van der Waals surface area contributed by atoms with Crippen molar-refractivity contribution in [3.8, 4) is 39.5 Å². The van der Waals surface area contributed by atoms with E-state index in [-0.39, 0.29) is 12.0 Å². The highest BCUT2D eigenvalue weighted by Crippen LogP contribution is 2.54. The molecule has 1 aliphatic heterocycles. The Kier molecular flexibility index (Phi) is 8.46. The molecule has 0 saturated heterocycles. The van der Waals surface area contributed by atoms with Gasteiger partial charge in [-0.1, -0.05) is 164 Å². The van der Waals surface area contributed by atoms with Crippen molar-refractivity contribution in [1.29, 1.82) is 0 Å². The van der Waals surface area contributed by atoms with Gasteiger partial charge in [0.15, 0.2) is 5.82 Å². The number of ether oxygens (including phenoxy) is 1. The summed E-state index contributed by atoms with van der Waals surface area (Å²) >= 11 is 1.87. The Morgan fingerprint density at radius 2 is 1.15 bits per heavy atom. The first-order valence-corrected chi connectivity index (χ1v) is 21.5. The van der Waals surface area contributed by atoms with Crippen molar-refractivity contribution in [3.63, 3.8) is 0 Å². The molecule has 12 rings (SSSR count). The zero-order valence-corrected chi connectivity index (χ0v) is 33.8. The third kappa shape index (κ3) is 6.04. The molecule has 61 heavy (non-hydrogen) atoms. The number of benzene rings is 8. The molecule has 2 atom stereocenters. The Morgan fingerprint density at radius 1 is 0.508 bits per heavy atom.